The van der Waals surface area contributed by atoms with Crippen LogP contribution in [0, 0.1) is 21.3 Å². The molecule has 0 saturated carbocycles. The summed E-state index contributed by atoms with van der Waals surface area (Å²) in [6.45, 7) is 35.0. The highest BCUT2D eigenvalue weighted by molar-refractivity contribution is 14.1. The van der Waals surface area contributed by atoms with Crippen LogP contribution >= 0.6 is 22.6 Å². The molecule has 0 unspecified atom stereocenters. The number of hydrogen-bond acceptors (Lipinski definition) is 12. The lowest BCUT2D eigenvalue weighted by Gasteiger charge is -2.41. The van der Waals surface area contributed by atoms with Crippen molar-refractivity contribution < 1.29 is 4.79 Å². The van der Waals surface area contributed by atoms with Gasteiger partial charge in [0.15, 0.2) is 0 Å². The fourth-order valence-corrected chi connectivity index (χ4v) is 12.9. The summed E-state index contributed by atoms with van der Waals surface area (Å²) in [5.74, 6) is 2.04. The molecule has 2 bridgehead atoms. The molecular formula is C63H123IN12O. The summed E-state index contributed by atoms with van der Waals surface area (Å²) < 4.78 is 1.31. The maximum absolute atomic E-state index is 14.8. The molecule has 1 amide bonds. The van der Waals surface area contributed by atoms with Gasteiger partial charge in [0.25, 0.3) is 0 Å². The quantitative estimate of drug-likeness (QED) is 0.181. The summed E-state index contributed by atoms with van der Waals surface area (Å²) >= 11 is 2.47. The zero-order chi connectivity index (χ0) is 56.5. The molecule has 3 heterocycles. The van der Waals surface area contributed by atoms with E-state index in [1.54, 1.807) is 0 Å². The molecule has 3 saturated heterocycles. The fourth-order valence-electron chi connectivity index (χ4n) is 12.3. The molecule has 13 nitrogen and oxygen atoms in total. The Bertz CT molecular complexity index is 1720. The van der Waals surface area contributed by atoms with Gasteiger partial charge in [0.05, 0.1) is 6.04 Å². The van der Waals surface area contributed by atoms with Crippen molar-refractivity contribution in [2.75, 3.05) is 154 Å². The van der Waals surface area contributed by atoms with E-state index < -0.39 is 0 Å². The van der Waals surface area contributed by atoms with Crippen LogP contribution in [-0.2, 0) is 11.2 Å². The van der Waals surface area contributed by atoms with Gasteiger partial charge in [-0.25, -0.2) is 0 Å². The van der Waals surface area contributed by atoms with E-state index in [0.717, 1.165) is 150 Å². The van der Waals surface area contributed by atoms with Crippen molar-refractivity contribution in [1.29, 1.82) is 0 Å². The first-order valence-corrected chi connectivity index (χ1v) is 32.6. The lowest BCUT2D eigenvalue weighted by molar-refractivity contribution is -0.138. The summed E-state index contributed by atoms with van der Waals surface area (Å²) in [6.07, 6.45) is 16.2. The maximum Gasteiger partial charge on any atom is 0.239 e. The fraction of sp³-hybridized carbons (Fsp3) is 0.889. The predicted octanol–water partition coefficient (Wildman–Crippen LogP) is 7.98. The van der Waals surface area contributed by atoms with E-state index in [0.29, 0.717) is 53.9 Å². The third kappa shape index (κ3) is 26.4. The van der Waals surface area contributed by atoms with Gasteiger partial charge in [-0.2, -0.15) is 0 Å². The summed E-state index contributed by atoms with van der Waals surface area (Å²) in [5.41, 5.74) is 1.34. The molecule has 1 aromatic rings. The number of fused-ring (bicyclic) bond motifs is 7. The molecule has 14 heteroatoms. The van der Waals surface area contributed by atoms with E-state index in [1.807, 2.05) is 0 Å². The molecule has 0 spiro atoms. The molecule has 3 aliphatic heterocycles. The molecule has 3 fully saturated rings. The third-order valence-electron chi connectivity index (χ3n) is 18.3. The average molecular weight is 1190 g/mol. The van der Waals surface area contributed by atoms with Crippen molar-refractivity contribution in [3.8, 4) is 0 Å². The Morgan fingerprint density at radius 3 is 1.99 bits per heavy atom. The van der Waals surface area contributed by atoms with Gasteiger partial charge in [-0.1, -0.05) is 85.8 Å². The Morgan fingerprint density at radius 2 is 1.30 bits per heavy atom. The molecule has 3 aliphatic rings. The molecule has 0 aliphatic carbocycles. The Hall–Kier alpha value is -1.02. The summed E-state index contributed by atoms with van der Waals surface area (Å²) in [5, 5.41) is 16.6. The van der Waals surface area contributed by atoms with E-state index in [1.165, 1.54) is 54.1 Å². The van der Waals surface area contributed by atoms with Gasteiger partial charge in [-0.05, 0) is 179 Å². The van der Waals surface area contributed by atoms with Crippen LogP contribution in [0.4, 0.5) is 0 Å². The van der Waals surface area contributed by atoms with Gasteiger partial charge in [0.2, 0.25) is 5.91 Å². The summed E-state index contributed by atoms with van der Waals surface area (Å²) in [7, 11) is 16.4. The number of nitrogens with one attached hydrogen (secondary N) is 4. The van der Waals surface area contributed by atoms with E-state index in [-0.39, 0.29) is 17.6 Å². The second kappa shape index (κ2) is 36.5. The van der Waals surface area contributed by atoms with Crippen LogP contribution in [-0.4, -0.2) is 247 Å². The highest BCUT2D eigenvalue weighted by Crippen LogP contribution is 2.22. The lowest BCUT2D eigenvalue weighted by atomic mass is 9.96. The first-order chi connectivity index (χ1) is 36.6. The van der Waals surface area contributed by atoms with E-state index in [2.05, 4.69) is 212 Å². The smallest absolute Gasteiger partial charge is 0.239 e. The van der Waals surface area contributed by atoms with Crippen LogP contribution < -0.4 is 21.3 Å². The molecule has 4 N–H and O–H groups in total. The SMILES string of the molecule is CC[C@H](C)[C@H]1CN(C)CCN(C)CCN(C)[C@H]2CCCCCC[C@@H](CN(C)C(C)(C)CN[C@@H](CC(C)C)CN(C)[C@H](C(=O)N3CCCCC3)CCN(C)[C@@H](CC(C)C)CN1)NC[C@H](Cc1cccc(I)c1)NCCN(C)C2. The number of likely N-dealkylation sites (tertiary alicyclic amines) is 1. The number of likely N-dealkylation sites (N-methyl/N-ethyl adjacent to an activating group) is 7. The number of amides is 1. The van der Waals surface area contributed by atoms with Crippen molar-refractivity contribution in [2.24, 2.45) is 17.8 Å². The van der Waals surface area contributed by atoms with Gasteiger partial charge in [0, 0.05) is 150 Å². The van der Waals surface area contributed by atoms with E-state index >= 15 is 0 Å². The number of carbonyl (C=O) groups is 1. The first-order valence-electron chi connectivity index (χ1n) is 31.5. The zero-order valence-electron chi connectivity index (χ0n) is 52.7. The maximum atomic E-state index is 14.8. The van der Waals surface area contributed by atoms with Gasteiger partial charge < -0.3 is 50.7 Å². The van der Waals surface area contributed by atoms with Gasteiger partial charge in [-0.3, -0.25) is 14.6 Å². The average Bonchev–Trinajstić information content (AvgIpc) is 3.38. The van der Waals surface area contributed by atoms with Crippen molar-refractivity contribution in [3.05, 3.63) is 33.4 Å². The summed E-state index contributed by atoms with van der Waals surface area (Å²) in [6, 6.07) is 11.3. The van der Waals surface area contributed by atoms with Gasteiger partial charge >= 0.3 is 0 Å². The molecular weight excluding hydrogens is 1070 g/mol. The number of benzene rings is 1. The van der Waals surface area contributed by atoms with Crippen LogP contribution in [0.5, 0.6) is 0 Å². The Balaban J connectivity index is 1.65. The molecule has 0 aromatic heterocycles. The largest absolute Gasteiger partial charge is 0.341 e. The van der Waals surface area contributed by atoms with Crippen molar-refractivity contribution in [3.63, 3.8) is 0 Å². The number of rotatable bonds is 9. The van der Waals surface area contributed by atoms with E-state index in [4.69, 9.17) is 0 Å². The zero-order valence-corrected chi connectivity index (χ0v) is 54.8. The topological polar surface area (TPSA) is 91.1 Å². The van der Waals surface area contributed by atoms with Crippen LogP contribution in [0.25, 0.3) is 0 Å². The number of hydrogen-bond donors (Lipinski definition) is 4. The first kappa shape index (κ1) is 68.5. The number of piperidine rings is 1. The Kier molecular flexibility index (Phi) is 32.5. The van der Waals surface area contributed by atoms with Crippen LogP contribution in [0.1, 0.15) is 144 Å². The molecule has 1 aromatic carbocycles. The highest BCUT2D eigenvalue weighted by Gasteiger charge is 2.33. The number of halogens is 1. The molecule has 77 heavy (non-hydrogen) atoms. The Morgan fingerprint density at radius 1 is 0.636 bits per heavy atom. The number of nitrogens with zero attached hydrogens (tertiary/aromatic N) is 8. The van der Waals surface area contributed by atoms with Gasteiger partial charge in [0.1, 0.15) is 0 Å². The minimum atomic E-state index is -0.148. The van der Waals surface area contributed by atoms with Gasteiger partial charge in [-0.15, -0.1) is 0 Å². The van der Waals surface area contributed by atoms with Crippen LogP contribution in [0.15, 0.2) is 24.3 Å². The third-order valence-corrected chi connectivity index (χ3v) is 19.0. The standard InChI is InChI=1S/C63H123IN12O/c1-16-52(6)60-48-71(11)36-35-69(9)37-38-73(13)58-28-21-18-17-20-27-55(66-43-56(65-30-34-70(10)47-58)42-53-25-24-26-54(64)41-53)46-75(15)63(7,8)49-68-57(39-50(2)3)45-74(14)61(62(77)76-31-22-19-23-32-76)29-33-72(12)59(44-67-60)40-51(4)5/h24-26,41,50-52,55-61,65-68H,16-23,27-40,42-49H2,1-15H3/t52-,55-,56-,57-,58-,59-,60+,61-/m0/s1. The monoisotopic (exact) mass is 1190 g/mol. The van der Waals surface area contributed by atoms with Crippen molar-refractivity contribution >= 4 is 28.5 Å². The molecule has 0 radical (unpaired) electrons. The molecule has 8 atom stereocenters. The van der Waals surface area contributed by atoms with Crippen molar-refractivity contribution in [2.45, 2.75) is 193 Å². The van der Waals surface area contributed by atoms with Crippen LogP contribution in [0.2, 0.25) is 0 Å². The highest BCUT2D eigenvalue weighted by atomic mass is 127. The van der Waals surface area contributed by atoms with Crippen molar-refractivity contribution in [1.82, 2.24) is 60.5 Å². The second-order valence-electron chi connectivity index (χ2n) is 26.7. The Labute approximate surface area is 489 Å². The predicted molar refractivity (Wildman–Crippen MR) is 340 cm³/mol. The van der Waals surface area contributed by atoms with E-state index in [9.17, 15) is 4.79 Å². The molecule has 4 rings (SSSR count). The minimum absolute atomic E-state index is 0.0727. The number of carbonyl (C=O) groups excluding carboxylic acids is 1. The lowest BCUT2D eigenvalue weighted by Crippen LogP contribution is -2.57. The van der Waals surface area contributed by atoms with Crippen LogP contribution in [0.3, 0.4) is 0 Å². The minimum Gasteiger partial charge on any atom is -0.341 e. The normalized spacial score (nSPS) is 29.6. The molecule has 448 valence electrons. The second-order valence-corrected chi connectivity index (χ2v) is 28.0. The summed E-state index contributed by atoms with van der Waals surface area (Å²) in [4.78, 5) is 35.1.